The number of rotatable bonds is 6. The molecule has 1 fully saturated rings. The first-order valence-electron chi connectivity index (χ1n) is 6.41. The minimum absolute atomic E-state index is 0.213. The fourth-order valence-electron chi connectivity index (χ4n) is 1.76. The lowest BCUT2D eigenvalue weighted by molar-refractivity contribution is -0.155. The number of hydrogen-bond acceptors (Lipinski definition) is 4. The molecule has 0 saturated heterocycles. The van der Waals surface area contributed by atoms with Crippen molar-refractivity contribution in [2.45, 2.75) is 38.0 Å². The Kier molecular flexibility index (Phi) is 4.29. The van der Waals surface area contributed by atoms with E-state index in [1.165, 1.54) is 0 Å². The Labute approximate surface area is 121 Å². The number of thiophene rings is 1. The van der Waals surface area contributed by atoms with Gasteiger partial charge in [0, 0.05) is 12.6 Å². The maximum Gasteiger partial charge on any atom is 0.337 e. The van der Waals surface area contributed by atoms with Crippen molar-refractivity contribution < 1.29 is 19.8 Å². The van der Waals surface area contributed by atoms with Gasteiger partial charge >= 0.3 is 12.0 Å². The smallest absolute Gasteiger partial charge is 0.337 e. The molecule has 3 N–H and O–H groups in total. The van der Waals surface area contributed by atoms with Crippen LogP contribution in [0.1, 0.15) is 25.3 Å². The first-order chi connectivity index (χ1) is 9.40. The van der Waals surface area contributed by atoms with Crippen molar-refractivity contribution in [2.75, 3.05) is 6.54 Å². The van der Waals surface area contributed by atoms with E-state index in [9.17, 15) is 14.7 Å². The van der Waals surface area contributed by atoms with Gasteiger partial charge in [-0.25, -0.2) is 9.59 Å². The molecular weight excluding hydrogens is 280 g/mol. The normalized spacial score (nSPS) is 17.3. The molecule has 0 bridgehead atoms. The van der Waals surface area contributed by atoms with Crippen LogP contribution in [0.4, 0.5) is 4.79 Å². The number of aliphatic hydroxyl groups is 1. The molecule has 1 unspecified atom stereocenters. The van der Waals surface area contributed by atoms with Crippen LogP contribution in [-0.4, -0.2) is 45.3 Å². The van der Waals surface area contributed by atoms with Crippen LogP contribution in [0.15, 0.2) is 16.8 Å². The van der Waals surface area contributed by atoms with E-state index in [0.29, 0.717) is 6.54 Å². The van der Waals surface area contributed by atoms with Crippen LogP contribution in [0.5, 0.6) is 0 Å². The number of carbonyl (C=O) groups is 2. The Morgan fingerprint density at radius 1 is 1.55 bits per heavy atom. The minimum atomic E-state index is -1.95. The number of aliphatic carboxylic acids is 1. The molecule has 1 aliphatic carbocycles. The van der Waals surface area contributed by atoms with Gasteiger partial charge in [-0.15, -0.1) is 0 Å². The monoisotopic (exact) mass is 298 g/mol. The molecule has 1 aromatic rings. The largest absolute Gasteiger partial charge is 0.479 e. The molecule has 2 amide bonds. The van der Waals surface area contributed by atoms with Crippen molar-refractivity contribution in [3.05, 3.63) is 22.4 Å². The summed E-state index contributed by atoms with van der Waals surface area (Å²) >= 11 is 1.57. The first-order valence-corrected chi connectivity index (χ1v) is 7.36. The van der Waals surface area contributed by atoms with Crippen molar-refractivity contribution in [3.63, 3.8) is 0 Å². The van der Waals surface area contributed by atoms with E-state index in [-0.39, 0.29) is 18.6 Å². The van der Waals surface area contributed by atoms with Gasteiger partial charge in [-0.1, -0.05) is 0 Å². The van der Waals surface area contributed by atoms with Crippen LogP contribution < -0.4 is 5.32 Å². The lowest BCUT2D eigenvalue weighted by atomic mass is 10.1. The number of nitrogens with one attached hydrogen (secondary N) is 1. The maximum atomic E-state index is 12.1. The quantitative estimate of drug-likeness (QED) is 0.737. The van der Waals surface area contributed by atoms with E-state index < -0.39 is 11.6 Å². The summed E-state index contributed by atoms with van der Waals surface area (Å²) in [5.74, 6) is -1.35. The van der Waals surface area contributed by atoms with Gasteiger partial charge in [-0.2, -0.15) is 11.3 Å². The molecule has 1 aliphatic rings. The summed E-state index contributed by atoms with van der Waals surface area (Å²) < 4.78 is 0. The average Bonchev–Trinajstić information content (AvgIpc) is 3.10. The Hall–Kier alpha value is -1.60. The number of hydrogen-bond donors (Lipinski definition) is 3. The highest BCUT2D eigenvalue weighted by Gasteiger charge is 2.35. The van der Waals surface area contributed by atoms with E-state index >= 15 is 0 Å². The third kappa shape index (κ3) is 3.71. The second-order valence-electron chi connectivity index (χ2n) is 5.23. The van der Waals surface area contributed by atoms with Crippen LogP contribution >= 0.6 is 11.3 Å². The number of carbonyl (C=O) groups excluding carboxylic acids is 1. The molecule has 0 aromatic carbocycles. The molecule has 1 aromatic heterocycles. The van der Waals surface area contributed by atoms with Crippen molar-refractivity contribution >= 4 is 23.3 Å². The molecule has 1 heterocycles. The van der Waals surface area contributed by atoms with Crippen molar-refractivity contribution in [1.82, 2.24) is 10.2 Å². The van der Waals surface area contributed by atoms with Crippen molar-refractivity contribution in [2.24, 2.45) is 0 Å². The Morgan fingerprint density at radius 2 is 2.25 bits per heavy atom. The Bertz CT molecular complexity index is 483. The van der Waals surface area contributed by atoms with Crippen LogP contribution in [0, 0.1) is 0 Å². The van der Waals surface area contributed by atoms with Gasteiger partial charge in [0.2, 0.25) is 0 Å². The highest BCUT2D eigenvalue weighted by molar-refractivity contribution is 7.07. The fourth-order valence-corrected chi connectivity index (χ4v) is 2.42. The number of urea groups is 1. The summed E-state index contributed by atoms with van der Waals surface area (Å²) in [7, 11) is 0. The van der Waals surface area contributed by atoms with Gasteiger partial charge < -0.3 is 20.4 Å². The van der Waals surface area contributed by atoms with E-state index in [0.717, 1.165) is 25.3 Å². The van der Waals surface area contributed by atoms with E-state index in [1.807, 2.05) is 16.8 Å². The predicted molar refractivity (Wildman–Crippen MR) is 74.5 cm³/mol. The second-order valence-corrected chi connectivity index (χ2v) is 6.01. The summed E-state index contributed by atoms with van der Waals surface area (Å²) in [6, 6.07) is 1.84. The lowest BCUT2D eigenvalue weighted by Gasteiger charge is -2.25. The second kappa shape index (κ2) is 5.80. The molecule has 7 heteroatoms. The van der Waals surface area contributed by atoms with Gasteiger partial charge in [-0.05, 0) is 42.2 Å². The minimum Gasteiger partial charge on any atom is -0.479 e. The van der Waals surface area contributed by atoms with Gasteiger partial charge in [0.15, 0.2) is 5.60 Å². The third-order valence-corrected chi connectivity index (χ3v) is 3.96. The van der Waals surface area contributed by atoms with E-state index in [4.69, 9.17) is 5.11 Å². The van der Waals surface area contributed by atoms with Gasteiger partial charge in [-0.3, -0.25) is 0 Å². The third-order valence-electron chi connectivity index (χ3n) is 3.23. The first kappa shape index (κ1) is 14.8. The van der Waals surface area contributed by atoms with E-state index in [2.05, 4.69) is 5.32 Å². The highest BCUT2D eigenvalue weighted by Crippen LogP contribution is 2.28. The van der Waals surface area contributed by atoms with Crippen LogP contribution in [-0.2, 0) is 11.3 Å². The zero-order chi connectivity index (χ0) is 14.8. The van der Waals surface area contributed by atoms with Crippen molar-refractivity contribution in [3.8, 4) is 0 Å². The zero-order valence-electron chi connectivity index (χ0n) is 11.2. The summed E-state index contributed by atoms with van der Waals surface area (Å²) in [4.78, 5) is 24.6. The molecule has 1 saturated carbocycles. The summed E-state index contributed by atoms with van der Waals surface area (Å²) in [5.41, 5.74) is -0.894. The van der Waals surface area contributed by atoms with Crippen LogP contribution in [0.2, 0.25) is 0 Å². The molecule has 0 aliphatic heterocycles. The zero-order valence-corrected chi connectivity index (χ0v) is 12.0. The molecule has 20 heavy (non-hydrogen) atoms. The number of nitrogens with zero attached hydrogens (tertiary/aromatic N) is 1. The van der Waals surface area contributed by atoms with E-state index in [1.54, 1.807) is 16.2 Å². The number of carboxylic acid groups (broad SMARTS) is 1. The van der Waals surface area contributed by atoms with Crippen LogP contribution in [0.3, 0.4) is 0 Å². The number of carboxylic acids is 1. The topological polar surface area (TPSA) is 89.9 Å². The molecular formula is C13H18N2O4S. The molecule has 2 rings (SSSR count). The molecule has 1 atom stereocenters. The van der Waals surface area contributed by atoms with Gasteiger partial charge in [0.1, 0.15) is 0 Å². The number of amides is 2. The standard InChI is InChI=1S/C13H18N2O4S/c1-13(19,11(16)17)8-14-12(18)15(10-2-3-10)6-9-4-5-20-7-9/h4-5,7,10,19H,2-3,6,8H2,1H3,(H,14,18)(H,16,17). The van der Waals surface area contributed by atoms with Gasteiger partial charge in [0.05, 0.1) is 6.54 Å². The maximum absolute atomic E-state index is 12.1. The predicted octanol–water partition coefficient (Wildman–Crippen LogP) is 1.26. The highest BCUT2D eigenvalue weighted by atomic mass is 32.1. The van der Waals surface area contributed by atoms with Crippen LogP contribution in [0.25, 0.3) is 0 Å². The summed E-state index contributed by atoms with van der Waals surface area (Å²) in [6.45, 7) is 1.36. The fraction of sp³-hybridized carbons (Fsp3) is 0.538. The SMILES string of the molecule is CC(O)(CNC(=O)N(Cc1ccsc1)C1CC1)C(=O)O. The molecule has 6 nitrogen and oxygen atoms in total. The molecule has 110 valence electrons. The average molecular weight is 298 g/mol. The van der Waals surface area contributed by atoms with Crippen molar-refractivity contribution in [1.29, 1.82) is 0 Å². The summed E-state index contributed by atoms with van der Waals surface area (Å²) in [5, 5.41) is 24.8. The Morgan fingerprint density at radius 3 is 2.75 bits per heavy atom. The van der Waals surface area contributed by atoms with Gasteiger partial charge in [0.25, 0.3) is 0 Å². The molecule has 0 spiro atoms. The lowest BCUT2D eigenvalue weighted by Crippen LogP contribution is -2.50. The molecule has 0 radical (unpaired) electrons. The summed E-state index contributed by atoms with van der Waals surface area (Å²) in [6.07, 6.45) is 1.93. The Balaban J connectivity index is 1.92.